The molecule has 0 saturated carbocycles. The van der Waals surface area contributed by atoms with Crippen molar-refractivity contribution in [2.24, 2.45) is 0 Å². The van der Waals surface area contributed by atoms with E-state index in [2.05, 4.69) is 0 Å². The molecule has 14 heavy (non-hydrogen) atoms. The van der Waals surface area contributed by atoms with Gasteiger partial charge in [-0.15, -0.1) is 0 Å². The van der Waals surface area contributed by atoms with Crippen LogP contribution in [-0.2, 0) is 19.0 Å². The Hall–Kier alpha value is -0.650. The maximum atomic E-state index is 10.8. The van der Waals surface area contributed by atoms with E-state index in [1.165, 1.54) is 14.0 Å². The van der Waals surface area contributed by atoms with Gasteiger partial charge in [0.1, 0.15) is 6.10 Å². The molecule has 4 atom stereocenters. The molecule has 0 aliphatic carbocycles. The third-order valence-corrected chi connectivity index (χ3v) is 2.24. The highest BCUT2D eigenvalue weighted by atomic mass is 16.6. The van der Waals surface area contributed by atoms with Crippen LogP contribution in [0.25, 0.3) is 0 Å². The van der Waals surface area contributed by atoms with Crippen LogP contribution in [0.5, 0.6) is 0 Å². The molecule has 0 bridgehead atoms. The standard InChI is InChI=1S/C9H16O5/c1-5-9(14-6(2)10)7(12-3)4-8(11)13-5/h5,7-9,11H,4H2,1-3H3. The van der Waals surface area contributed by atoms with Gasteiger partial charge in [0.2, 0.25) is 0 Å². The average Bonchev–Trinajstić information content (AvgIpc) is 2.08. The van der Waals surface area contributed by atoms with Gasteiger partial charge in [0.15, 0.2) is 12.4 Å². The van der Waals surface area contributed by atoms with E-state index in [-0.39, 0.29) is 18.2 Å². The number of rotatable bonds is 2. The molecule has 1 aliphatic heterocycles. The molecule has 0 aromatic heterocycles. The number of ether oxygens (including phenoxy) is 3. The van der Waals surface area contributed by atoms with Crippen LogP contribution < -0.4 is 0 Å². The van der Waals surface area contributed by atoms with Crippen LogP contribution in [0.1, 0.15) is 20.3 Å². The highest BCUT2D eigenvalue weighted by Gasteiger charge is 2.38. The second kappa shape index (κ2) is 4.72. The summed E-state index contributed by atoms with van der Waals surface area (Å²) in [7, 11) is 1.52. The predicted molar refractivity (Wildman–Crippen MR) is 47.5 cm³/mol. The van der Waals surface area contributed by atoms with E-state index in [1.54, 1.807) is 6.92 Å². The van der Waals surface area contributed by atoms with Crippen LogP contribution in [0.3, 0.4) is 0 Å². The highest BCUT2D eigenvalue weighted by molar-refractivity contribution is 5.66. The molecule has 1 saturated heterocycles. The van der Waals surface area contributed by atoms with Gasteiger partial charge in [-0.3, -0.25) is 4.79 Å². The summed E-state index contributed by atoms with van der Waals surface area (Å²) in [5.41, 5.74) is 0. The average molecular weight is 204 g/mol. The van der Waals surface area contributed by atoms with Gasteiger partial charge in [0.05, 0.1) is 6.10 Å². The minimum Gasteiger partial charge on any atom is -0.457 e. The van der Waals surface area contributed by atoms with Gasteiger partial charge in [-0.1, -0.05) is 0 Å². The third kappa shape index (κ3) is 2.67. The van der Waals surface area contributed by atoms with Crippen LogP contribution in [0.4, 0.5) is 0 Å². The molecule has 1 rings (SSSR count). The number of hydrogen-bond donors (Lipinski definition) is 1. The lowest BCUT2D eigenvalue weighted by molar-refractivity contribution is -0.239. The molecule has 0 aromatic carbocycles. The molecule has 1 N–H and O–H groups in total. The lowest BCUT2D eigenvalue weighted by Crippen LogP contribution is -2.49. The number of carbonyl (C=O) groups is 1. The lowest BCUT2D eigenvalue weighted by Gasteiger charge is -2.37. The number of carbonyl (C=O) groups excluding carboxylic acids is 1. The molecule has 0 radical (unpaired) electrons. The van der Waals surface area contributed by atoms with Crippen LogP contribution in [0, 0.1) is 0 Å². The largest absolute Gasteiger partial charge is 0.457 e. The molecule has 5 nitrogen and oxygen atoms in total. The second-order valence-electron chi connectivity index (χ2n) is 3.38. The smallest absolute Gasteiger partial charge is 0.303 e. The topological polar surface area (TPSA) is 65.0 Å². The molecule has 5 heteroatoms. The molecule has 1 heterocycles. The Bertz CT molecular complexity index is 205. The van der Waals surface area contributed by atoms with E-state index < -0.39 is 12.4 Å². The summed E-state index contributed by atoms with van der Waals surface area (Å²) in [6, 6.07) is 0. The molecule has 1 aliphatic rings. The van der Waals surface area contributed by atoms with Crippen molar-refractivity contribution in [3.8, 4) is 0 Å². The van der Waals surface area contributed by atoms with Crippen LogP contribution in [0.15, 0.2) is 0 Å². The van der Waals surface area contributed by atoms with Crippen LogP contribution in [-0.4, -0.2) is 42.8 Å². The zero-order valence-electron chi connectivity index (χ0n) is 8.60. The fraction of sp³-hybridized carbons (Fsp3) is 0.889. The van der Waals surface area contributed by atoms with E-state index in [4.69, 9.17) is 14.2 Å². The predicted octanol–water partition coefficient (Wildman–Crippen LogP) is 0.0603. The zero-order chi connectivity index (χ0) is 10.7. The number of hydrogen-bond acceptors (Lipinski definition) is 5. The Morgan fingerprint density at radius 1 is 1.57 bits per heavy atom. The summed E-state index contributed by atoms with van der Waals surface area (Å²) in [6.45, 7) is 3.08. The maximum absolute atomic E-state index is 10.8. The number of esters is 1. The Morgan fingerprint density at radius 2 is 2.21 bits per heavy atom. The van der Waals surface area contributed by atoms with Gasteiger partial charge in [-0.2, -0.15) is 0 Å². The van der Waals surface area contributed by atoms with Gasteiger partial charge in [-0.25, -0.2) is 0 Å². The van der Waals surface area contributed by atoms with Crippen LogP contribution in [0.2, 0.25) is 0 Å². The van der Waals surface area contributed by atoms with E-state index in [0.717, 1.165) is 0 Å². The molecular weight excluding hydrogens is 188 g/mol. The number of aliphatic hydroxyl groups is 1. The second-order valence-corrected chi connectivity index (χ2v) is 3.38. The summed E-state index contributed by atoms with van der Waals surface area (Å²) in [5, 5.41) is 9.29. The Morgan fingerprint density at radius 3 is 2.71 bits per heavy atom. The summed E-state index contributed by atoms with van der Waals surface area (Å²) in [5.74, 6) is -0.371. The quantitative estimate of drug-likeness (QED) is 0.644. The fourth-order valence-corrected chi connectivity index (χ4v) is 1.61. The van der Waals surface area contributed by atoms with Crippen molar-refractivity contribution in [1.82, 2.24) is 0 Å². The first-order chi connectivity index (χ1) is 6.54. The highest BCUT2D eigenvalue weighted by Crippen LogP contribution is 2.23. The molecule has 1 fully saturated rings. The van der Waals surface area contributed by atoms with Crippen molar-refractivity contribution in [2.75, 3.05) is 7.11 Å². The van der Waals surface area contributed by atoms with Gasteiger partial charge >= 0.3 is 5.97 Å². The summed E-state index contributed by atoms with van der Waals surface area (Å²) >= 11 is 0. The van der Waals surface area contributed by atoms with Gasteiger partial charge in [0.25, 0.3) is 0 Å². The molecule has 4 unspecified atom stereocenters. The minimum absolute atomic E-state index is 0.308. The van der Waals surface area contributed by atoms with Crippen molar-refractivity contribution in [3.63, 3.8) is 0 Å². The first-order valence-electron chi connectivity index (χ1n) is 4.58. The van der Waals surface area contributed by atoms with Gasteiger partial charge in [0, 0.05) is 20.5 Å². The molecule has 82 valence electrons. The lowest BCUT2D eigenvalue weighted by atomic mass is 10.0. The summed E-state index contributed by atoms with van der Waals surface area (Å²) in [6.07, 6.45) is -1.63. The zero-order valence-corrected chi connectivity index (χ0v) is 8.60. The third-order valence-electron chi connectivity index (χ3n) is 2.24. The molecule has 0 amide bonds. The molecular formula is C9H16O5. The van der Waals surface area contributed by atoms with Gasteiger partial charge < -0.3 is 19.3 Å². The Balaban J connectivity index is 2.63. The maximum Gasteiger partial charge on any atom is 0.303 e. The normalized spacial score (nSPS) is 38.0. The van der Waals surface area contributed by atoms with E-state index in [0.29, 0.717) is 6.42 Å². The van der Waals surface area contributed by atoms with E-state index in [1.807, 2.05) is 0 Å². The van der Waals surface area contributed by atoms with Crippen molar-refractivity contribution in [3.05, 3.63) is 0 Å². The Labute approximate surface area is 82.9 Å². The van der Waals surface area contributed by atoms with Crippen molar-refractivity contribution < 1.29 is 24.1 Å². The number of aliphatic hydroxyl groups excluding tert-OH is 1. The van der Waals surface area contributed by atoms with E-state index >= 15 is 0 Å². The van der Waals surface area contributed by atoms with Crippen molar-refractivity contribution >= 4 is 5.97 Å². The number of methoxy groups -OCH3 is 1. The summed E-state index contributed by atoms with van der Waals surface area (Å²) < 4.78 is 15.3. The van der Waals surface area contributed by atoms with Crippen molar-refractivity contribution in [2.45, 2.75) is 44.9 Å². The fourth-order valence-electron chi connectivity index (χ4n) is 1.61. The van der Waals surface area contributed by atoms with E-state index in [9.17, 15) is 9.90 Å². The van der Waals surface area contributed by atoms with Crippen LogP contribution >= 0.6 is 0 Å². The first-order valence-corrected chi connectivity index (χ1v) is 4.58. The monoisotopic (exact) mass is 204 g/mol. The van der Waals surface area contributed by atoms with Crippen molar-refractivity contribution in [1.29, 1.82) is 0 Å². The summed E-state index contributed by atoms with van der Waals surface area (Å²) in [4.78, 5) is 10.8. The first kappa shape index (κ1) is 11.4. The Kier molecular flexibility index (Phi) is 3.86. The van der Waals surface area contributed by atoms with Gasteiger partial charge in [-0.05, 0) is 6.92 Å². The molecule has 0 aromatic rings. The minimum atomic E-state index is -0.846. The molecule has 0 spiro atoms. The SMILES string of the molecule is COC1CC(O)OC(C)C1OC(C)=O.